The Labute approximate surface area is 164 Å². The Balaban J connectivity index is 1.63. The predicted molar refractivity (Wildman–Crippen MR) is 111 cm³/mol. The molecule has 7 heteroatoms. The number of fused-ring (bicyclic) bond motifs is 2. The monoisotopic (exact) mass is 379 g/mol. The highest BCUT2D eigenvalue weighted by molar-refractivity contribution is 5.95. The van der Waals surface area contributed by atoms with Crippen LogP contribution >= 0.6 is 0 Å². The van der Waals surface area contributed by atoms with Crippen LogP contribution in [0.2, 0.25) is 0 Å². The lowest BCUT2D eigenvalue weighted by molar-refractivity contribution is 0.245. The Kier molecular flexibility index (Phi) is 4.92. The summed E-state index contributed by atoms with van der Waals surface area (Å²) >= 11 is 0. The number of nitrogens with zero attached hydrogens (tertiary/aromatic N) is 4. The Morgan fingerprint density at radius 1 is 1.21 bits per heavy atom. The number of phenols is 1. The number of hydrogen-bond acceptors (Lipinski definition) is 7. The van der Waals surface area contributed by atoms with Gasteiger partial charge in [-0.25, -0.2) is 0 Å². The third kappa shape index (κ3) is 3.66. The highest BCUT2D eigenvalue weighted by Crippen LogP contribution is 2.35. The van der Waals surface area contributed by atoms with Crippen molar-refractivity contribution >= 4 is 22.3 Å². The minimum Gasteiger partial charge on any atom is -0.508 e. The molecule has 0 unspecified atom stereocenters. The number of ether oxygens (including phenoxy) is 1. The summed E-state index contributed by atoms with van der Waals surface area (Å²) in [5.74, 6) is 0.750. The molecule has 0 amide bonds. The molecule has 0 fully saturated rings. The van der Waals surface area contributed by atoms with Gasteiger partial charge in [0.15, 0.2) is 0 Å². The van der Waals surface area contributed by atoms with Crippen molar-refractivity contribution in [1.29, 1.82) is 0 Å². The van der Waals surface area contributed by atoms with Gasteiger partial charge in [0.05, 0.1) is 12.2 Å². The topological polar surface area (TPSA) is 87.7 Å². The molecular formula is C21H25N5O2. The molecule has 7 nitrogen and oxygen atoms in total. The van der Waals surface area contributed by atoms with Crippen LogP contribution in [-0.2, 0) is 13.0 Å². The lowest BCUT2D eigenvalue weighted by Crippen LogP contribution is -2.32. The number of nitrogens with two attached hydrogens (primary N) is 1. The van der Waals surface area contributed by atoms with E-state index in [0.717, 1.165) is 47.2 Å². The van der Waals surface area contributed by atoms with E-state index in [1.807, 2.05) is 43.3 Å². The number of phenolic OH excluding ortho intramolecular Hbond substituents is 1. The Hall–Kier alpha value is -3.06. The van der Waals surface area contributed by atoms with Gasteiger partial charge in [-0.1, -0.05) is 24.3 Å². The third-order valence-electron chi connectivity index (χ3n) is 5.01. The molecule has 146 valence electrons. The highest BCUT2D eigenvalue weighted by Gasteiger charge is 2.23. The van der Waals surface area contributed by atoms with E-state index in [4.69, 9.17) is 10.5 Å². The van der Waals surface area contributed by atoms with Gasteiger partial charge in [0.2, 0.25) is 0 Å². The summed E-state index contributed by atoms with van der Waals surface area (Å²) in [6.45, 7) is 2.67. The molecule has 0 bridgehead atoms. The molecule has 1 aliphatic rings. The third-order valence-corrected chi connectivity index (χ3v) is 5.01. The number of aromatic nitrogens is 2. The predicted octanol–water partition coefficient (Wildman–Crippen LogP) is 2.42. The van der Waals surface area contributed by atoms with Crippen LogP contribution in [0.25, 0.3) is 10.8 Å². The summed E-state index contributed by atoms with van der Waals surface area (Å²) in [6.07, 6.45) is 0.753. The van der Waals surface area contributed by atoms with E-state index in [1.165, 1.54) is 0 Å². The smallest absolute Gasteiger partial charge is 0.318 e. The first-order valence-corrected chi connectivity index (χ1v) is 9.41. The Morgan fingerprint density at radius 2 is 2.04 bits per heavy atom. The highest BCUT2D eigenvalue weighted by atomic mass is 16.5. The first-order chi connectivity index (χ1) is 13.5. The first-order valence-electron chi connectivity index (χ1n) is 9.41. The number of likely N-dealkylation sites (N-methyl/N-ethyl adjacent to an activating group) is 1. The van der Waals surface area contributed by atoms with Crippen LogP contribution in [0, 0.1) is 0 Å². The van der Waals surface area contributed by atoms with Gasteiger partial charge in [-0.3, -0.25) is 0 Å². The summed E-state index contributed by atoms with van der Waals surface area (Å²) in [7, 11) is 3.98. The van der Waals surface area contributed by atoms with Crippen molar-refractivity contribution in [1.82, 2.24) is 14.9 Å². The van der Waals surface area contributed by atoms with E-state index >= 15 is 0 Å². The molecular weight excluding hydrogens is 354 g/mol. The Bertz CT molecular complexity index is 1010. The molecule has 2 aromatic carbocycles. The van der Waals surface area contributed by atoms with Crippen LogP contribution in [0.5, 0.6) is 11.8 Å². The van der Waals surface area contributed by atoms with Crippen molar-refractivity contribution in [2.75, 3.05) is 44.4 Å². The van der Waals surface area contributed by atoms with Crippen molar-refractivity contribution in [3.63, 3.8) is 0 Å². The summed E-state index contributed by atoms with van der Waals surface area (Å²) in [4.78, 5) is 13.2. The van der Waals surface area contributed by atoms with Gasteiger partial charge in [-0.2, -0.15) is 9.97 Å². The standard InChI is InChI=1S/C21H25N5O2/c1-25(2)9-10-28-21-23-18-13-26(8-7-17(18)20(22)24-21)19-12-15(27)11-14-5-3-4-6-16(14)19/h3-6,11-12,27H,7-10,13H2,1-2H3,(H2,22,23,24). The zero-order valence-corrected chi connectivity index (χ0v) is 16.2. The van der Waals surface area contributed by atoms with Gasteiger partial charge in [0, 0.05) is 35.8 Å². The van der Waals surface area contributed by atoms with Crippen LogP contribution in [0.4, 0.5) is 11.5 Å². The molecule has 1 aliphatic heterocycles. The number of rotatable bonds is 5. The fraction of sp³-hybridized carbons (Fsp3) is 0.333. The van der Waals surface area contributed by atoms with E-state index in [0.29, 0.717) is 25.0 Å². The fourth-order valence-electron chi connectivity index (χ4n) is 3.56. The molecule has 0 saturated carbocycles. The summed E-state index contributed by atoms with van der Waals surface area (Å²) in [5, 5.41) is 12.3. The molecule has 28 heavy (non-hydrogen) atoms. The minimum atomic E-state index is 0.259. The lowest BCUT2D eigenvalue weighted by atomic mass is 10.0. The number of nitrogen functional groups attached to an aromatic ring is 1. The summed E-state index contributed by atoms with van der Waals surface area (Å²) < 4.78 is 5.69. The van der Waals surface area contributed by atoms with E-state index in [-0.39, 0.29) is 5.75 Å². The van der Waals surface area contributed by atoms with Crippen LogP contribution in [0.15, 0.2) is 36.4 Å². The largest absolute Gasteiger partial charge is 0.508 e. The van der Waals surface area contributed by atoms with Gasteiger partial charge < -0.3 is 25.4 Å². The second-order valence-corrected chi connectivity index (χ2v) is 7.33. The molecule has 4 rings (SSSR count). The van der Waals surface area contributed by atoms with E-state index in [2.05, 4.69) is 20.9 Å². The minimum absolute atomic E-state index is 0.259. The van der Waals surface area contributed by atoms with Crippen molar-refractivity contribution in [3.8, 4) is 11.8 Å². The van der Waals surface area contributed by atoms with Crippen LogP contribution in [-0.4, -0.2) is 53.8 Å². The number of aromatic hydroxyl groups is 1. The average Bonchev–Trinajstić information content (AvgIpc) is 2.66. The molecule has 3 N–H and O–H groups in total. The molecule has 0 radical (unpaired) electrons. The first kappa shape index (κ1) is 18.3. The van der Waals surface area contributed by atoms with Gasteiger partial charge in [0.1, 0.15) is 18.2 Å². The molecule has 3 aromatic rings. The maximum Gasteiger partial charge on any atom is 0.318 e. The lowest BCUT2D eigenvalue weighted by Gasteiger charge is -2.31. The average molecular weight is 379 g/mol. The van der Waals surface area contributed by atoms with Crippen molar-refractivity contribution in [2.24, 2.45) is 0 Å². The zero-order valence-electron chi connectivity index (χ0n) is 16.2. The van der Waals surface area contributed by atoms with Gasteiger partial charge in [0.25, 0.3) is 0 Å². The van der Waals surface area contributed by atoms with Crippen molar-refractivity contribution in [2.45, 2.75) is 13.0 Å². The van der Waals surface area contributed by atoms with Gasteiger partial charge >= 0.3 is 6.01 Å². The molecule has 0 spiro atoms. The van der Waals surface area contributed by atoms with E-state index < -0.39 is 0 Å². The maximum atomic E-state index is 10.2. The SMILES string of the molecule is CN(C)CCOc1nc(N)c2c(n1)CN(c1cc(O)cc3ccccc13)CC2. The van der Waals surface area contributed by atoms with Crippen LogP contribution < -0.4 is 15.4 Å². The van der Waals surface area contributed by atoms with E-state index in [9.17, 15) is 5.11 Å². The van der Waals surface area contributed by atoms with Crippen molar-refractivity contribution in [3.05, 3.63) is 47.7 Å². The number of hydrogen-bond donors (Lipinski definition) is 2. The second kappa shape index (κ2) is 7.52. The van der Waals surface area contributed by atoms with Gasteiger partial charge in [-0.15, -0.1) is 0 Å². The number of benzene rings is 2. The normalized spacial score (nSPS) is 13.8. The van der Waals surface area contributed by atoms with Crippen LogP contribution in [0.3, 0.4) is 0 Å². The molecule has 2 heterocycles. The number of anilines is 2. The Morgan fingerprint density at radius 3 is 2.86 bits per heavy atom. The quantitative estimate of drug-likeness (QED) is 0.704. The molecule has 0 aliphatic carbocycles. The molecule has 0 atom stereocenters. The maximum absolute atomic E-state index is 10.2. The van der Waals surface area contributed by atoms with Gasteiger partial charge in [-0.05, 0) is 32.0 Å². The fourth-order valence-corrected chi connectivity index (χ4v) is 3.56. The zero-order chi connectivity index (χ0) is 19.7. The molecule has 0 saturated heterocycles. The van der Waals surface area contributed by atoms with Crippen molar-refractivity contribution < 1.29 is 9.84 Å². The second-order valence-electron chi connectivity index (χ2n) is 7.33. The molecule has 1 aromatic heterocycles. The summed E-state index contributed by atoms with van der Waals surface area (Å²) in [6, 6.07) is 12.0. The van der Waals surface area contributed by atoms with Crippen LogP contribution in [0.1, 0.15) is 11.3 Å². The van der Waals surface area contributed by atoms with E-state index in [1.54, 1.807) is 6.07 Å². The summed E-state index contributed by atoms with van der Waals surface area (Å²) in [5.41, 5.74) is 9.03.